The molecule has 0 bridgehead atoms. The SMILES string of the molecule is Cc1cc(OCC(=O)N/N=C/c2cc([N+](=O)[O-])ccc2O)ccc1Cl. The van der Waals surface area contributed by atoms with Crippen molar-refractivity contribution in [3.63, 3.8) is 0 Å². The molecule has 2 aromatic rings. The van der Waals surface area contributed by atoms with Crippen molar-refractivity contribution in [3.05, 3.63) is 62.7 Å². The summed E-state index contributed by atoms with van der Waals surface area (Å²) in [6.45, 7) is 1.53. The number of nitro groups is 1. The second-order valence-electron chi connectivity index (χ2n) is 4.99. The Kier molecular flexibility index (Phi) is 5.91. The third kappa shape index (κ3) is 5.18. The zero-order valence-electron chi connectivity index (χ0n) is 13.1. The summed E-state index contributed by atoms with van der Waals surface area (Å²) in [5.74, 6) is -0.248. The van der Waals surface area contributed by atoms with Crippen LogP contribution in [-0.2, 0) is 4.79 Å². The van der Waals surface area contributed by atoms with Crippen LogP contribution >= 0.6 is 11.6 Å². The summed E-state index contributed by atoms with van der Waals surface area (Å²) in [6.07, 6.45) is 1.10. The third-order valence-electron chi connectivity index (χ3n) is 3.11. The molecule has 0 heterocycles. The van der Waals surface area contributed by atoms with Gasteiger partial charge in [-0.05, 0) is 36.8 Å². The van der Waals surface area contributed by atoms with Gasteiger partial charge >= 0.3 is 0 Å². The Bertz CT molecular complexity index is 839. The van der Waals surface area contributed by atoms with E-state index in [-0.39, 0.29) is 23.6 Å². The number of halogens is 1. The van der Waals surface area contributed by atoms with Crippen molar-refractivity contribution in [3.8, 4) is 11.5 Å². The zero-order chi connectivity index (χ0) is 18.4. The summed E-state index contributed by atoms with van der Waals surface area (Å²) < 4.78 is 5.30. The number of phenolic OH excluding ortho intramolecular Hbond substituents is 1. The topological polar surface area (TPSA) is 114 Å². The number of aromatic hydroxyl groups is 1. The summed E-state index contributed by atoms with van der Waals surface area (Å²) in [6, 6.07) is 8.46. The summed E-state index contributed by atoms with van der Waals surface area (Å²) in [4.78, 5) is 21.8. The average molecular weight is 364 g/mol. The van der Waals surface area contributed by atoms with Gasteiger partial charge in [0.1, 0.15) is 11.5 Å². The van der Waals surface area contributed by atoms with Crippen LogP contribution in [0.1, 0.15) is 11.1 Å². The predicted octanol–water partition coefficient (Wildman–Crippen LogP) is 2.79. The molecule has 0 atom stereocenters. The number of ether oxygens (including phenoxy) is 1. The number of amides is 1. The summed E-state index contributed by atoms with van der Waals surface area (Å²) in [5.41, 5.74) is 2.92. The number of non-ortho nitro benzene ring substituents is 1. The monoisotopic (exact) mass is 363 g/mol. The lowest BCUT2D eigenvalue weighted by molar-refractivity contribution is -0.384. The molecule has 0 aliphatic carbocycles. The number of phenols is 1. The number of nitro benzene ring substituents is 1. The van der Waals surface area contributed by atoms with E-state index in [4.69, 9.17) is 16.3 Å². The van der Waals surface area contributed by atoms with Crippen molar-refractivity contribution < 1.29 is 19.6 Å². The molecular formula is C16H14ClN3O5. The van der Waals surface area contributed by atoms with Crippen LogP contribution in [-0.4, -0.2) is 28.8 Å². The fraction of sp³-hybridized carbons (Fsp3) is 0.125. The number of hydrogen-bond acceptors (Lipinski definition) is 6. The highest BCUT2D eigenvalue weighted by molar-refractivity contribution is 6.31. The third-order valence-corrected chi connectivity index (χ3v) is 3.54. The number of aryl methyl sites for hydroxylation is 1. The van der Waals surface area contributed by atoms with Gasteiger partial charge in [0.15, 0.2) is 6.61 Å². The second kappa shape index (κ2) is 8.11. The van der Waals surface area contributed by atoms with Crippen molar-refractivity contribution in [1.82, 2.24) is 5.43 Å². The first-order chi connectivity index (χ1) is 11.9. The Labute approximate surface area is 147 Å². The molecule has 0 unspecified atom stereocenters. The number of carbonyl (C=O) groups is 1. The molecule has 0 aliphatic rings. The number of carbonyl (C=O) groups excluding carboxylic acids is 1. The highest BCUT2D eigenvalue weighted by atomic mass is 35.5. The van der Waals surface area contributed by atoms with E-state index >= 15 is 0 Å². The second-order valence-corrected chi connectivity index (χ2v) is 5.40. The maximum atomic E-state index is 11.7. The number of nitrogens with one attached hydrogen (secondary N) is 1. The fourth-order valence-electron chi connectivity index (χ4n) is 1.82. The molecule has 0 saturated carbocycles. The quantitative estimate of drug-likeness (QED) is 0.465. The summed E-state index contributed by atoms with van der Waals surface area (Å²) in [7, 11) is 0. The molecule has 130 valence electrons. The highest BCUT2D eigenvalue weighted by Crippen LogP contribution is 2.22. The van der Waals surface area contributed by atoms with Crippen LogP contribution in [0.15, 0.2) is 41.5 Å². The van der Waals surface area contributed by atoms with Gasteiger partial charge in [0.05, 0.1) is 11.1 Å². The molecule has 25 heavy (non-hydrogen) atoms. The summed E-state index contributed by atoms with van der Waals surface area (Å²) >= 11 is 5.90. The number of hydrazone groups is 1. The van der Waals surface area contributed by atoms with E-state index in [0.717, 1.165) is 23.9 Å². The van der Waals surface area contributed by atoms with E-state index < -0.39 is 10.8 Å². The molecule has 2 N–H and O–H groups in total. The van der Waals surface area contributed by atoms with Gasteiger partial charge in [0.2, 0.25) is 0 Å². The molecule has 9 heteroatoms. The first-order valence-corrected chi connectivity index (χ1v) is 7.43. The molecule has 2 rings (SSSR count). The van der Waals surface area contributed by atoms with E-state index in [1.165, 1.54) is 6.07 Å². The molecule has 0 saturated heterocycles. The largest absolute Gasteiger partial charge is 0.507 e. The van der Waals surface area contributed by atoms with Crippen LogP contribution in [0.2, 0.25) is 5.02 Å². The van der Waals surface area contributed by atoms with Crippen molar-refractivity contribution >= 4 is 29.4 Å². The van der Waals surface area contributed by atoms with Crippen LogP contribution in [0.4, 0.5) is 5.69 Å². The van der Waals surface area contributed by atoms with Crippen molar-refractivity contribution in [2.24, 2.45) is 5.10 Å². The molecule has 8 nitrogen and oxygen atoms in total. The van der Waals surface area contributed by atoms with Gasteiger partial charge in [0.25, 0.3) is 11.6 Å². The van der Waals surface area contributed by atoms with E-state index in [0.29, 0.717) is 10.8 Å². The summed E-state index contributed by atoms with van der Waals surface area (Å²) in [5, 5.41) is 24.6. The number of benzene rings is 2. The Morgan fingerprint density at radius 3 is 2.84 bits per heavy atom. The lowest BCUT2D eigenvalue weighted by atomic mass is 10.2. The molecule has 2 aromatic carbocycles. The highest BCUT2D eigenvalue weighted by Gasteiger charge is 2.09. The minimum atomic E-state index is -0.600. The molecule has 0 fully saturated rings. The smallest absolute Gasteiger partial charge is 0.277 e. The minimum absolute atomic E-state index is 0.101. The number of hydrogen-bond donors (Lipinski definition) is 2. The van der Waals surface area contributed by atoms with Crippen LogP contribution in [0, 0.1) is 17.0 Å². The fourth-order valence-corrected chi connectivity index (χ4v) is 1.94. The molecule has 0 spiro atoms. The molecule has 1 amide bonds. The maximum absolute atomic E-state index is 11.7. The molecule has 0 aliphatic heterocycles. The van der Waals surface area contributed by atoms with Gasteiger partial charge in [-0.2, -0.15) is 5.10 Å². The van der Waals surface area contributed by atoms with E-state index in [2.05, 4.69) is 10.5 Å². The van der Waals surface area contributed by atoms with Crippen LogP contribution in [0.25, 0.3) is 0 Å². The number of nitrogens with zero attached hydrogens (tertiary/aromatic N) is 2. The van der Waals surface area contributed by atoms with Gasteiger partial charge in [-0.15, -0.1) is 0 Å². The standard InChI is InChI=1S/C16H14ClN3O5/c1-10-6-13(3-4-14(10)17)25-9-16(22)19-18-8-11-7-12(20(23)24)2-5-15(11)21/h2-8,21H,9H2,1H3,(H,19,22)/b18-8+. The lowest BCUT2D eigenvalue weighted by Crippen LogP contribution is -2.24. The van der Waals surface area contributed by atoms with E-state index in [9.17, 15) is 20.0 Å². The Morgan fingerprint density at radius 1 is 1.40 bits per heavy atom. The van der Waals surface area contributed by atoms with Gasteiger partial charge < -0.3 is 9.84 Å². The molecule has 0 aromatic heterocycles. The van der Waals surface area contributed by atoms with Gasteiger partial charge in [-0.25, -0.2) is 5.43 Å². The Balaban J connectivity index is 1.91. The lowest BCUT2D eigenvalue weighted by Gasteiger charge is -2.06. The Morgan fingerprint density at radius 2 is 2.16 bits per heavy atom. The van der Waals surface area contributed by atoms with Crippen LogP contribution < -0.4 is 10.2 Å². The van der Waals surface area contributed by atoms with Gasteiger partial charge in [-0.3, -0.25) is 14.9 Å². The first kappa shape index (κ1) is 18.2. The molecule has 0 radical (unpaired) electrons. The number of rotatable bonds is 6. The van der Waals surface area contributed by atoms with Crippen LogP contribution in [0.5, 0.6) is 11.5 Å². The zero-order valence-corrected chi connectivity index (χ0v) is 13.9. The predicted molar refractivity (Wildman–Crippen MR) is 92.2 cm³/mol. The maximum Gasteiger partial charge on any atom is 0.277 e. The normalized spacial score (nSPS) is 10.6. The van der Waals surface area contributed by atoms with E-state index in [1.54, 1.807) is 18.2 Å². The minimum Gasteiger partial charge on any atom is -0.507 e. The van der Waals surface area contributed by atoms with Gasteiger partial charge in [0, 0.05) is 22.7 Å². The van der Waals surface area contributed by atoms with Gasteiger partial charge in [-0.1, -0.05) is 11.6 Å². The Hall–Kier alpha value is -3.13. The van der Waals surface area contributed by atoms with Crippen LogP contribution in [0.3, 0.4) is 0 Å². The average Bonchev–Trinajstić information content (AvgIpc) is 2.57. The molecular weight excluding hydrogens is 350 g/mol. The van der Waals surface area contributed by atoms with Crippen molar-refractivity contribution in [2.45, 2.75) is 6.92 Å². The van der Waals surface area contributed by atoms with E-state index in [1.807, 2.05) is 6.92 Å². The van der Waals surface area contributed by atoms with Crippen molar-refractivity contribution in [2.75, 3.05) is 6.61 Å². The van der Waals surface area contributed by atoms with Crippen molar-refractivity contribution in [1.29, 1.82) is 0 Å². The first-order valence-electron chi connectivity index (χ1n) is 7.05.